The van der Waals surface area contributed by atoms with Crippen LogP contribution in [0, 0.1) is 15.9 Å². The second kappa shape index (κ2) is 5.79. The van der Waals surface area contributed by atoms with Crippen molar-refractivity contribution < 1.29 is 9.31 Å². The van der Waals surface area contributed by atoms with Crippen LogP contribution in [-0.4, -0.2) is 23.7 Å². The van der Waals surface area contributed by atoms with E-state index in [1.807, 2.05) is 0 Å². The van der Waals surface area contributed by atoms with E-state index in [4.69, 9.17) is 0 Å². The highest BCUT2D eigenvalue weighted by Gasteiger charge is 2.25. The van der Waals surface area contributed by atoms with Crippen LogP contribution in [0.5, 0.6) is 0 Å². The first-order valence-electron chi connectivity index (χ1n) is 4.19. The molecule has 0 radical (unpaired) electrons. The zero-order valence-corrected chi connectivity index (χ0v) is 11.4. The molecule has 0 aliphatic heterocycles. The summed E-state index contributed by atoms with van der Waals surface area (Å²) in [5, 5.41) is 10.9. The molecule has 0 atom stereocenters. The predicted molar refractivity (Wildman–Crippen MR) is 68.4 cm³/mol. The van der Waals surface area contributed by atoms with E-state index in [-0.39, 0.29) is 10.6 Å². The fourth-order valence-corrected chi connectivity index (χ4v) is 3.24. The van der Waals surface area contributed by atoms with E-state index in [1.54, 1.807) is 18.8 Å². The second-order valence-electron chi connectivity index (χ2n) is 2.73. The number of nitrogens with zero attached hydrogens (tertiary/aromatic N) is 1. The van der Waals surface area contributed by atoms with Crippen molar-refractivity contribution in [2.24, 2.45) is 0 Å². The normalized spacial score (nSPS) is 10.5. The third-order valence-corrected chi connectivity index (χ3v) is 4.22. The van der Waals surface area contributed by atoms with Gasteiger partial charge in [-0.1, -0.05) is 0 Å². The summed E-state index contributed by atoms with van der Waals surface area (Å²) < 4.78 is 13.9. The Morgan fingerprint density at radius 2 is 1.75 bits per heavy atom. The Hall–Kier alpha value is -0.400. The molecule has 88 valence electrons. The SMILES string of the molecule is CSc1cc(SC)c([N+](=O)[O-])c(SC)c1F. The average molecular weight is 279 g/mol. The highest BCUT2D eigenvalue weighted by molar-refractivity contribution is 8.00. The lowest BCUT2D eigenvalue weighted by molar-refractivity contribution is -0.391. The van der Waals surface area contributed by atoms with Crippen LogP contribution < -0.4 is 0 Å². The molecule has 3 nitrogen and oxygen atoms in total. The molecule has 16 heavy (non-hydrogen) atoms. The quantitative estimate of drug-likeness (QED) is 0.475. The minimum Gasteiger partial charge on any atom is -0.258 e. The predicted octanol–water partition coefficient (Wildman–Crippen LogP) is 3.90. The van der Waals surface area contributed by atoms with Gasteiger partial charge in [0.2, 0.25) is 0 Å². The molecule has 0 saturated heterocycles. The van der Waals surface area contributed by atoms with Crippen LogP contribution in [0.2, 0.25) is 0 Å². The first-order valence-corrected chi connectivity index (χ1v) is 7.87. The Morgan fingerprint density at radius 3 is 2.12 bits per heavy atom. The van der Waals surface area contributed by atoms with Gasteiger partial charge in [-0.25, -0.2) is 4.39 Å². The number of halogens is 1. The van der Waals surface area contributed by atoms with Gasteiger partial charge in [-0.3, -0.25) is 10.1 Å². The van der Waals surface area contributed by atoms with E-state index >= 15 is 0 Å². The highest BCUT2D eigenvalue weighted by atomic mass is 32.2. The Labute approximate surface area is 106 Å². The lowest BCUT2D eigenvalue weighted by atomic mass is 10.3. The minimum atomic E-state index is -0.523. The first kappa shape index (κ1) is 13.7. The van der Waals surface area contributed by atoms with Gasteiger partial charge in [0.25, 0.3) is 5.69 Å². The minimum absolute atomic E-state index is 0.112. The molecule has 0 unspecified atom stereocenters. The molecule has 0 aliphatic rings. The smallest absolute Gasteiger partial charge is 0.258 e. The monoisotopic (exact) mass is 279 g/mol. The number of thioether (sulfide) groups is 3. The molecule has 0 fully saturated rings. The van der Waals surface area contributed by atoms with Crippen molar-refractivity contribution in [3.63, 3.8) is 0 Å². The van der Waals surface area contributed by atoms with Gasteiger partial charge in [0.15, 0.2) is 5.82 Å². The average Bonchev–Trinajstić information content (AvgIpc) is 2.27. The van der Waals surface area contributed by atoms with Crippen LogP contribution in [0.25, 0.3) is 0 Å². The molecule has 1 aromatic carbocycles. The Morgan fingerprint density at radius 1 is 1.19 bits per heavy atom. The fourth-order valence-electron chi connectivity index (χ4n) is 1.24. The zero-order valence-electron chi connectivity index (χ0n) is 8.94. The van der Waals surface area contributed by atoms with E-state index in [0.29, 0.717) is 9.79 Å². The summed E-state index contributed by atoms with van der Waals surface area (Å²) in [5.41, 5.74) is -0.129. The molecule has 0 aromatic heterocycles. The van der Waals surface area contributed by atoms with Crippen LogP contribution in [0.3, 0.4) is 0 Å². The first-order chi connectivity index (χ1) is 7.56. The zero-order chi connectivity index (χ0) is 12.3. The van der Waals surface area contributed by atoms with E-state index in [2.05, 4.69) is 0 Å². The van der Waals surface area contributed by atoms with Gasteiger partial charge in [-0.2, -0.15) is 0 Å². The van der Waals surface area contributed by atoms with Crippen molar-refractivity contribution in [1.29, 1.82) is 0 Å². The molecular weight excluding hydrogens is 269 g/mol. The van der Waals surface area contributed by atoms with Crippen LogP contribution in [0.4, 0.5) is 10.1 Å². The van der Waals surface area contributed by atoms with Crippen LogP contribution in [0.15, 0.2) is 20.8 Å². The second-order valence-corrected chi connectivity index (χ2v) is 5.25. The van der Waals surface area contributed by atoms with Gasteiger partial charge in [0.1, 0.15) is 4.90 Å². The number of nitro groups is 1. The standard InChI is InChI=1S/C9H10FNO2S3/c1-14-5-4-6(15-2)8(11(12)13)9(16-3)7(5)10/h4H,1-3H3. The summed E-state index contributed by atoms with van der Waals surface area (Å²) in [6.45, 7) is 0. The third-order valence-electron chi connectivity index (χ3n) is 1.95. The van der Waals surface area contributed by atoms with Crippen molar-refractivity contribution in [3.8, 4) is 0 Å². The highest BCUT2D eigenvalue weighted by Crippen LogP contribution is 2.41. The van der Waals surface area contributed by atoms with Gasteiger partial charge in [0, 0.05) is 4.90 Å². The molecular formula is C9H10FNO2S3. The summed E-state index contributed by atoms with van der Waals surface area (Å²) in [6, 6.07) is 1.53. The fraction of sp³-hybridized carbons (Fsp3) is 0.333. The maximum Gasteiger partial charge on any atom is 0.299 e. The van der Waals surface area contributed by atoms with Crippen molar-refractivity contribution in [2.45, 2.75) is 14.7 Å². The number of hydrogen-bond acceptors (Lipinski definition) is 5. The summed E-state index contributed by atoms with van der Waals surface area (Å²) in [4.78, 5) is 11.5. The molecule has 0 aliphatic carbocycles. The number of nitro benzene ring substituents is 1. The van der Waals surface area contributed by atoms with Crippen LogP contribution in [-0.2, 0) is 0 Å². The molecule has 0 spiro atoms. The van der Waals surface area contributed by atoms with Gasteiger partial charge in [-0.05, 0) is 24.8 Å². The molecule has 1 aromatic rings. The molecule has 1 rings (SSSR count). The van der Waals surface area contributed by atoms with E-state index in [9.17, 15) is 14.5 Å². The van der Waals surface area contributed by atoms with E-state index < -0.39 is 10.7 Å². The third kappa shape index (κ3) is 2.46. The maximum atomic E-state index is 13.9. The summed E-state index contributed by atoms with van der Waals surface area (Å²) in [7, 11) is 0. The number of benzene rings is 1. The van der Waals surface area contributed by atoms with Crippen LogP contribution >= 0.6 is 35.3 Å². The summed E-state index contributed by atoms with van der Waals surface area (Å²) in [5.74, 6) is -0.496. The summed E-state index contributed by atoms with van der Waals surface area (Å²) >= 11 is 3.57. The summed E-state index contributed by atoms with van der Waals surface area (Å²) in [6.07, 6.45) is 5.13. The number of rotatable bonds is 4. The van der Waals surface area contributed by atoms with Gasteiger partial charge < -0.3 is 0 Å². The molecule has 0 saturated carbocycles. The maximum absolute atomic E-state index is 13.9. The molecule has 7 heteroatoms. The lowest BCUT2D eigenvalue weighted by Crippen LogP contribution is -1.98. The molecule has 0 N–H and O–H groups in total. The van der Waals surface area contributed by atoms with E-state index in [0.717, 1.165) is 11.8 Å². The lowest BCUT2D eigenvalue weighted by Gasteiger charge is -2.08. The van der Waals surface area contributed by atoms with Gasteiger partial charge in [-0.15, -0.1) is 35.3 Å². The Bertz CT molecular complexity index is 426. The van der Waals surface area contributed by atoms with E-state index in [1.165, 1.54) is 29.6 Å². The van der Waals surface area contributed by atoms with Gasteiger partial charge in [0.05, 0.1) is 9.82 Å². The van der Waals surface area contributed by atoms with Crippen molar-refractivity contribution in [2.75, 3.05) is 18.8 Å². The topological polar surface area (TPSA) is 43.1 Å². The number of hydrogen-bond donors (Lipinski definition) is 0. The molecule has 0 amide bonds. The van der Waals surface area contributed by atoms with Crippen LogP contribution in [0.1, 0.15) is 0 Å². The van der Waals surface area contributed by atoms with Crippen molar-refractivity contribution in [3.05, 3.63) is 22.0 Å². The van der Waals surface area contributed by atoms with Crippen molar-refractivity contribution in [1.82, 2.24) is 0 Å². The van der Waals surface area contributed by atoms with Gasteiger partial charge >= 0.3 is 0 Å². The molecule has 0 bridgehead atoms. The largest absolute Gasteiger partial charge is 0.299 e. The molecule has 0 heterocycles. The van der Waals surface area contributed by atoms with Crippen molar-refractivity contribution >= 4 is 41.0 Å². The Balaban J connectivity index is 3.57. The Kier molecular flexibility index (Phi) is 4.94.